The first-order valence-electron chi connectivity index (χ1n) is 7.71. The number of aromatic amines is 1. The molecule has 27 heavy (non-hydrogen) atoms. The van der Waals surface area contributed by atoms with Crippen molar-refractivity contribution < 1.29 is 4.39 Å². The van der Waals surface area contributed by atoms with Gasteiger partial charge in [-0.15, -0.1) is 11.3 Å². The minimum atomic E-state index is -0.320. The maximum atomic E-state index is 13.1. The standard InChI is InChI=1S/C18H10Cl2FN3OS2/c19-10-5-13(20)17(22-6-10)27-8-14-23-16(25)15-12(7-26-18(15)24-14)9-1-3-11(21)4-2-9/h1-7H,8H2,(H,23,24,25). The lowest BCUT2D eigenvalue weighted by Crippen LogP contribution is -2.10. The van der Waals surface area contributed by atoms with E-state index in [1.165, 1.54) is 41.4 Å². The van der Waals surface area contributed by atoms with Gasteiger partial charge in [-0.05, 0) is 23.8 Å². The first-order valence-corrected chi connectivity index (χ1v) is 10.3. The molecule has 0 radical (unpaired) electrons. The summed E-state index contributed by atoms with van der Waals surface area (Å²) in [6.07, 6.45) is 1.52. The van der Waals surface area contributed by atoms with E-state index in [1.807, 2.05) is 5.38 Å². The summed E-state index contributed by atoms with van der Waals surface area (Å²) in [4.78, 5) is 24.8. The second kappa shape index (κ2) is 7.59. The van der Waals surface area contributed by atoms with Crippen molar-refractivity contribution in [1.29, 1.82) is 0 Å². The van der Waals surface area contributed by atoms with Crippen molar-refractivity contribution in [3.8, 4) is 11.1 Å². The number of fused-ring (bicyclic) bond motifs is 1. The van der Waals surface area contributed by atoms with E-state index in [9.17, 15) is 9.18 Å². The Balaban J connectivity index is 1.65. The summed E-state index contributed by atoms with van der Waals surface area (Å²) in [5, 5.41) is 3.88. The molecule has 1 aromatic carbocycles. The van der Waals surface area contributed by atoms with Crippen LogP contribution in [0.5, 0.6) is 0 Å². The van der Waals surface area contributed by atoms with E-state index in [-0.39, 0.29) is 11.4 Å². The Morgan fingerprint density at radius 2 is 2.00 bits per heavy atom. The van der Waals surface area contributed by atoms with Crippen LogP contribution >= 0.6 is 46.3 Å². The average molecular weight is 438 g/mol. The van der Waals surface area contributed by atoms with Gasteiger partial charge in [0.25, 0.3) is 5.56 Å². The highest BCUT2D eigenvalue weighted by atomic mass is 35.5. The molecule has 0 saturated carbocycles. The predicted molar refractivity (Wildman–Crippen MR) is 109 cm³/mol. The molecular weight excluding hydrogens is 428 g/mol. The first-order chi connectivity index (χ1) is 13.0. The van der Waals surface area contributed by atoms with E-state index in [2.05, 4.69) is 15.0 Å². The Kier molecular flexibility index (Phi) is 5.19. The molecule has 0 aliphatic carbocycles. The van der Waals surface area contributed by atoms with Crippen LogP contribution in [0.1, 0.15) is 5.82 Å². The van der Waals surface area contributed by atoms with Crippen molar-refractivity contribution in [3.05, 3.63) is 73.9 Å². The highest BCUT2D eigenvalue weighted by Crippen LogP contribution is 2.32. The quantitative estimate of drug-likeness (QED) is 0.410. The van der Waals surface area contributed by atoms with Gasteiger partial charge < -0.3 is 4.98 Å². The number of rotatable bonds is 4. The Labute approximate surface area is 171 Å². The van der Waals surface area contributed by atoms with Gasteiger partial charge in [-0.2, -0.15) is 0 Å². The van der Waals surface area contributed by atoms with E-state index in [1.54, 1.807) is 18.2 Å². The average Bonchev–Trinajstić information content (AvgIpc) is 3.06. The van der Waals surface area contributed by atoms with Crippen molar-refractivity contribution >= 4 is 56.5 Å². The molecule has 136 valence electrons. The van der Waals surface area contributed by atoms with Crippen LogP contribution < -0.4 is 5.56 Å². The van der Waals surface area contributed by atoms with Crippen molar-refractivity contribution in [2.24, 2.45) is 0 Å². The SMILES string of the molecule is O=c1[nH]c(CSc2ncc(Cl)cc2Cl)nc2scc(-c3ccc(F)cc3)c12. The van der Waals surface area contributed by atoms with Crippen molar-refractivity contribution in [3.63, 3.8) is 0 Å². The molecule has 9 heteroatoms. The normalized spacial score (nSPS) is 11.2. The van der Waals surface area contributed by atoms with Crippen LogP contribution in [0.3, 0.4) is 0 Å². The van der Waals surface area contributed by atoms with Gasteiger partial charge in [0.1, 0.15) is 21.5 Å². The highest BCUT2D eigenvalue weighted by Gasteiger charge is 2.14. The minimum absolute atomic E-state index is 0.230. The largest absolute Gasteiger partial charge is 0.309 e. The van der Waals surface area contributed by atoms with Gasteiger partial charge in [0, 0.05) is 17.1 Å². The second-order valence-corrected chi connectivity index (χ2v) is 8.24. The fourth-order valence-electron chi connectivity index (χ4n) is 2.55. The zero-order chi connectivity index (χ0) is 19.0. The number of thioether (sulfide) groups is 1. The van der Waals surface area contributed by atoms with Gasteiger partial charge in [0.05, 0.1) is 21.2 Å². The molecule has 3 aromatic heterocycles. The number of H-pyrrole nitrogens is 1. The third-order valence-corrected chi connectivity index (χ3v) is 6.26. The number of benzene rings is 1. The van der Waals surface area contributed by atoms with E-state index in [4.69, 9.17) is 23.2 Å². The van der Waals surface area contributed by atoms with Gasteiger partial charge >= 0.3 is 0 Å². The van der Waals surface area contributed by atoms with Crippen molar-refractivity contribution in [2.45, 2.75) is 10.8 Å². The molecule has 0 saturated heterocycles. The van der Waals surface area contributed by atoms with E-state index < -0.39 is 0 Å². The third-order valence-electron chi connectivity index (χ3n) is 3.77. The van der Waals surface area contributed by atoms with E-state index in [0.717, 1.165) is 11.1 Å². The van der Waals surface area contributed by atoms with Crippen LogP contribution in [0.4, 0.5) is 4.39 Å². The monoisotopic (exact) mass is 437 g/mol. The van der Waals surface area contributed by atoms with Gasteiger partial charge in [-0.3, -0.25) is 4.79 Å². The third kappa shape index (κ3) is 3.87. The fourth-order valence-corrected chi connectivity index (χ4v) is 4.79. The number of nitrogens with zero attached hydrogens (tertiary/aromatic N) is 2. The molecule has 0 atom stereocenters. The zero-order valence-electron chi connectivity index (χ0n) is 13.5. The van der Waals surface area contributed by atoms with Crippen molar-refractivity contribution in [1.82, 2.24) is 15.0 Å². The maximum Gasteiger partial charge on any atom is 0.260 e. The zero-order valence-corrected chi connectivity index (χ0v) is 16.6. The van der Waals surface area contributed by atoms with Gasteiger partial charge in [-0.25, -0.2) is 14.4 Å². The van der Waals surface area contributed by atoms with Crippen molar-refractivity contribution in [2.75, 3.05) is 0 Å². The molecule has 1 N–H and O–H groups in total. The van der Waals surface area contributed by atoms with Crippen LogP contribution in [0, 0.1) is 5.82 Å². The molecule has 0 unspecified atom stereocenters. The number of nitrogens with one attached hydrogen (secondary N) is 1. The first kappa shape index (κ1) is 18.4. The molecule has 3 heterocycles. The summed E-state index contributed by atoms with van der Waals surface area (Å²) in [5.74, 6) is 0.612. The number of thiophene rings is 1. The molecular formula is C18H10Cl2FN3OS2. The second-order valence-electron chi connectivity index (χ2n) is 5.58. The van der Waals surface area contributed by atoms with E-state index in [0.29, 0.717) is 36.9 Å². The van der Waals surface area contributed by atoms with Crippen LogP contribution in [0.15, 0.2) is 51.7 Å². The molecule has 0 aliphatic heterocycles. The molecule has 4 rings (SSSR count). The summed E-state index contributed by atoms with van der Waals surface area (Å²) < 4.78 is 13.1. The molecule has 0 aliphatic rings. The molecule has 0 amide bonds. The number of pyridine rings is 1. The predicted octanol–water partition coefficient (Wildman–Crippen LogP) is 5.78. The smallest absolute Gasteiger partial charge is 0.260 e. The Morgan fingerprint density at radius 1 is 1.22 bits per heavy atom. The van der Waals surface area contributed by atoms with Gasteiger partial charge in [0.2, 0.25) is 0 Å². The lowest BCUT2D eigenvalue weighted by atomic mass is 10.1. The molecule has 0 fully saturated rings. The molecule has 0 spiro atoms. The topological polar surface area (TPSA) is 58.6 Å². The number of aromatic nitrogens is 3. The van der Waals surface area contributed by atoms with Gasteiger partial charge in [-0.1, -0.05) is 47.1 Å². The van der Waals surface area contributed by atoms with Crippen LogP contribution in [-0.2, 0) is 5.75 Å². The summed E-state index contributed by atoms with van der Waals surface area (Å²) in [6.45, 7) is 0. The molecule has 4 aromatic rings. The number of halogens is 3. The lowest BCUT2D eigenvalue weighted by Gasteiger charge is -2.04. The summed E-state index contributed by atoms with van der Waals surface area (Å²) in [5.41, 5.74) is 1.28. The number of hydrogen-bond acceptors (Lipinski definition) is 5. The number of hydrogen-bond donors (Lipinski definition) is 1. The fraction of sp³-hybridized carbons (Fsp3) is 0.0556. The maximum absolute atomic E-state index is 13.1. The Hall–Kier alpha value is -1.93. The Bertz CT molecular complexity index is 1190. The lowest BCUT2D eigenvalue weighted by molar-refractivity contribution is 0.628. The summed E-state index contributed by atoms with van der Waals surface area (Å²) in [7, 11) is 0. The summed E-state index contributed by atoms with van der Waals surface area (Å²) in [6, 6.07) is 7.65. The minimum Gasteiger partial charge on any atom is -0.309 e. The van der Waals surface area contributed by atoms with E-state index >= 15 is 0 Å². The highest BCUT2D eigenvalue weighted by molar-refractivity contribution is 7.98. The van der Waals surface area contributed by atoms with Crippen LogP contribution in [-0.4, -0.2) is 15.0 Å². The van der Waals surface area contributed by atoms with Gasteiger partial charge in [0.15, 0.2) is 0 Å². The molecule has 0 bridgehead atoms. The van der Waals surface area contributed by atoms with Crippen LogP contribution in [0.25, 0.3) is 21.3 Å². The Morgan fingerprint density at radius 3 is 2.74 bits per heavy atom. The molecule has 4 nitrogen and oxygen atoms in total. The summed E-state index contributed by atoms with van der Waals surface area (Å²) >= 11 is 14.7. The van der Waals surface area contributed by atoms with Crippen LogP contribution in [0.2, 0.25) is 10.0 Å².